The minimum atomic E-state index is -0.115. The maximum absolute atomic E-state index is 12.1. The molecule has 1 fully saturated rings. The number of ether oxygens (including phenoxy) is 2. The van der Waals surface area contributed by atoms with E-state index in [4.69, 9.17) is 9.47 Å². The third kappa shape index (κ3) is 2.73. The highest BCUT2D eigenvalue weighted by Crippen LogP contribution is 2.23. The summed E-state index contributed by atoms with van der Waals surface area (Å²) in [6, 6.07) is 7.34. The summed E-state index contributed by atoms with van der Waals surface area (Å²) in [5.74, 6) is 0.659. The highest BCUT2D eigenvalue weighted by Gasteiger charge is 2.24. The van der Waals surface area contributed by atoms with Gasteiger partial charge in [0, 0.05) is 6.54 Å². The number of urea groups is 1. The summed E-state index contributed by atoms with van der Waals surface area (Å²) in [4.78, 5) is 13.9. The normalized spacial score (nSPS) is 19.4. The lowest BCUT2D eigenvalue weighted by Gasteiger charge is -2.33. The fourth-order valence-electron chi connectivity index (χ4n) is 1.96. The third-order valence-corrected chi connectivity index (χ3v) is 2.98. The van der Waals surface area contributed by atoms with Crippen LogP contribution < -0.4 is 10.1 Å². The van der Waals surface area contributed by atoms with Crippen LogP contribution in [0.1, 0.15) is 6.92 Å². The van der Waals surface area contributed by atoms with E-state index < -0.39 is 0 Å². The van der Waals surface area contributed by atoms with E-state index in [0.29, 0.717) is 31.2 Å². The highest BCUT2D eigenvalue weighted by molar-refractivity contribution is 5.91. The van der Waals surface area contributed by atoms with Crippen molar-refractivity contribution < 1.29 is 14.3 Å². The lowest BCUT2D eigenvalue weighted by Crippen LogP contribution is -2.48. The van der Waals surface area contributed by atoms with Crippen LogP contribution in [-0.2, 0) is 4.74 Å². The Morgan fingerprint density at radius 2 is 2.28 bits per heavy atom. The van der Waals surface area contributed by atoms with Gasteiger partial charge in [0.2, 0.25) is 0 Å². The first kappa shape index (κ1) is 12.7. The lowest BCUT2D eigenvalue weighted by molar-refractivity contribution is 0.0221. The van der Waals surface area contributed by atoms with Crippen molar-refractivity contribution in [3.8, 4) is 5.75 Å². The molecular formula is C13H18N2O3. The fraction of sp³-hybridized carbons (Fsp3) is 0.462. The monoisotopic (exact) mass is 250 g/mol. The molecule has 5 nitrogen and oxygen atoms in total. The molecule has 0 saturated carbocycles. The van der Waals surface area contributed by atoms with Crippen molar-refractivity contribution in [2.24, 2.45) is 0 Å². The van der Waals surface area contributed by atoms with Crippen LogP contribution >= 0.6 is 0 Å². The van der Waals surface area contributed by atoms with Gasteiger partial charge in [-0.15, -0.1) is 0 Å². The van der Waals surface area contributed by atoms with Crippen molar-refractivity contribution in [3.05, 3.63) is 24.3 Å². The van der Waals surface area contributed by atoms with Crippen molar-refractivity contribution in [2.75, 3.05) is 32.2 Å². The Kier molecular flexibility index (Phi) is 4.04. The molecule has 1 N–H and O–H groups in total. The van der Waals surface area contributed by atoms with Gasteiger partial charge in [0.25, 0.3) is 0 Å². The van der Waals surface area contributed by atoms with Crippen LogP contribution in [0.15, 0.2) is 24.3 Å². The largest absolute Gasteiger partial charge is 0.495 e. The van der Waals surface area contributed by atoms with Gasteiger partial charge in [-0.05, 0) is 19.1 Å². The van der Waals surface area contributed by atoms with Gasteiger partial charge in [-0.1, -0.05) is 12.1 Å². The average molecular weight is 250 g/mol. The maximum Gasteiger partial charge on any atom is 0.322 e. The number of nitrogens with one attached hydrogen (secondary N) is 1. The summed E-state index contributed by atoms with van der Waals surface area (Å²) in [6.45, 7) is 3.76. The quantitative estimate of drug-likeness (QED) is 0.872. The van der Waals surface area contributed by atoms with Crippen LogP contribution in [0.3, 0.4) is 0 Å². The van der Waals surface area contributed by atoms with E-state index in [9.17, 15) is 4.79 Å². The van der Waals surface area contributed by atoms with Crippen molar-refractivity contribution in [1.29, 1.82) is 0 Å². The molecule has 1 aliphatic rings. The van der Waals surface area contributed by atoms with Gasteiger partial charge in [-0.25, -0.2) is 4.79 Å². The van der Waals surface area contributed by atoms with Gasteiger partial charge in [-0.3, -0.25) is 0 Å². The number of hydrogen-bond acceptors (Lipinski definition) is 3. The number of methoxy groups -OCH3 is 1. The predicted octanol–water partition coefficient (Wildman–Crippen LogP) is 1.95. The molecule has 98 valence electrons. The van der Waals surface area contributed by atoms with Crippen LogP contribution in [0.25, 0.3) is 0 Å². The van der Waals surface area contributed by atoms with E-state index in [2.05, 4.69) is 5.32 Å². The number of hydrogen-bond donors (Lipinski definition) is 1. The molecule has 1 atom stereocenters. The topological polar surface area (TPSA) is 50.8 Å². The number of para-hydroxylation sites is 2. The van der Waals surface area contributed by atoms with E-state index in [0.717, 1.165) is 0 Å². The standard InChI is InChI=1S/C13H18N2O3/c1-10-9-18-8-7-15(10)13(16)14-11-5-3-4-6-12(11)17-2/h3-6,10H,7-9H2,1-2H3,(H,14,16). The van der Waals surface area contributed by atoms with Crippen LogP contribution in [0, 0.1) is 0 Å². The van der Waals surface area contributed by atoms with Crippen LogP contribution in [0.5, 0.6) is 5.75 Å². The maximum atomic E-state index is 12.1. The summed E-state index contributed by atoms with van der Waals surface area (Å²) in [5, 5.41) is 2.87. The number of benzene rings is 1. The lowest BCUT2D eigenvalue weighted by atomic mass is 10.2. The predicted molar refractivity (Wildman–Crippen MR) is 69.0 cm³/mol. The number of rotatable bonds is 2. The molecule has 2 rings (SSSR count). The molecule has 1 aromatic carbocycles. The zero-order valence-corrected chi connectivity index (χ0v) is 10.7. The second kappa shape index (κ2) is 5.73. The van der Waals surface area contributed by atoms with Crippen molar-refractivity contribution in [1.82, 2.24) is 4.90 Å². The summed E-state index contributed by atoms with van der Waals surface area (Å²) in [5.41, 5.74) is 0.684. The van der Waals surface area contributed by atoms with Gasteiger partial charge in [0.15, 0.2) is 0 Å². The Hall–Kier alpha value is -1.75. The molecule has 1 heterocycles. The molecule has 18 heavy (non-hydrogen) atoms. The Bertz CT molecular complexity index is 422. The molecule has 1 saturated heterocycles. The molecule has 1 aliphatic heterocycles. The molecule has 0 aliphatic carbocycles. The Labute approximate surface area is 107 Å². The number of carbonyl (C=O) groups is 1. The average Bonchev–Trinajstić information content (AvgIpc) is 2.39. The molecule has 0 radical (unpaired) electrons. The first-order valence-corrected chi connectivity index (χ1v) is 6.00. The number of morpholine rings is 1. The first-order chi connectivity index (χ1) is 8.72. The fourth-order valence-corrected chi connectivity index (χ4v) is 1.96. The highest BCUT2D eigenvalue weighted by atomic mass is 16.5. The van der Waals surface area contributed by atoms with Gasteiger partial charge in [0.05, 0.1) is 32.1 Å². The van der Waals surface area contributed by atoms with Crippen LogP contribution in [-0.4, -0.2) is 43.8 Å². The van der Waals surface area contributed by atoms with E-state index in [1.54, 1.807) is 12.0 Å². The molecule has 1 unspecified atom stereocenters. The van der Waals surface area contributed by atoms with Crippen LogP contribution in [0.2, 0.25) is 0 Å². The van der Waals surface area contributed by atoms with Gasteiger partial charge >= 0.3 is 6.03 Å². The zero-order valence-electron chi connectivity index (χ0n) is 10.7. The first-order valence-electron chi connectivity index (χ1n) is 6.00. The molecule has 0 spiro atoms. The summed E-state index contributed by atoms with van der Waals surface area (Å²) < 4.78 is 10.5. The molecule has 0 bridgehead atoms. The van der Waals surface area contributed by atoms with E-state index in [1.807, 2.05) is 31.2 Å². The van der Waals surface area contributed by atoms with Crippen molar-refractivity contribution in [3.63, 3.8) is 0 Å². The molecule has 0 aromatic heterocycles. The van der Waals surface area contributed by atoms with Crippen molar-refractivity contribution >= 4 is 11.7 Å². The SMILES string of the molecule is COc1ccccc1NC(=O)N1CCOCC1C. The molecule has 2 amide bonds. The Balaban J connectivity index is 2.06. The van der Waals surface area contributed by atoms with Gasteiger partial charge in [0.1, 0.15) is 5.75 Å². The van der Waals surface area contributed by atoms with Crippen molar-refractivity contribution in [2.45, 2.75) is 13.0 Å². The van der Waals surface area contributed by atoms with E-state index in [-0.39, 0.29) is 12.1 Å². The van der Waals surface area contributed by atoms with Crippen LogP contribution in [0.4, 0.5) is 10.5 Å². The number of nitrogens with zero attached hydrogens (tertiary/aromatic N) is 1. The Morgan fingerprint density at radius 3 is 3.00 bits per heavy atom. The third-order valence-electron chi connectivity index (χ3n) is 2.98. The van der Waals surface area contributed by atoms with E-state index >= 15 is 0 Å². The minimum absolute atomic E-state index is 0.0912. The van der Waals surface area contributed by atoms with E-state index in [1.165, 1.54) is 0 Å². The number of amides is 2. The molecule has 1 aromatic rings. The molecule has 5 heteroatoms. The summed E-state index contributed by atoms with van der Waals surface area (Å²) >= 11 is 0. The second-order valence-corrected chi connectivity index (χ2v) is 4.25. The summed E-state index contributed by atoms with van der Waals surface area (Å²) in [6.07, 6.45) is 0. The second-order valence-electron chi connectivity index (χ2n) is 4.25. The Morgan fingerprint density at radius 1 is 1.50 bits per heavy atom. The molecular weight excluding hydrogens is 232 g/mol. The zero-order chi connectivity index (χ0) is 13.0. The number of carbonyl (C=O) groups excluding carboxylic acids is 1. The smallest absolute Gasteiger partial charge is 0.322 e. The number of anilines is 1. The van der Waals surface area contributed by atoms with Gasteiger partial charge < -0.3 is 19.7 Å². The minimum Gasteiger partial charge on any atom is -0.495 e. The van der Waals surface area contributed by atoms with Gasteiger partial charge in [-0.2, -0.15) is 0 Å². The summed E-state index contributed by atoms with van der Waals surface area (Å²) in [7, 11) is 1.59.